The Balaban J connectivity index is 1.44. The van der Waals surface area contributed by atoms with Crippen LogP contribution in [0.1, 0.15) is 22.3 Å². The topological polar surface area (TPSA) is 117 Å². The Morgan fingerprint density at radius 3 is 2.46 bits per heavy atom. The Hall–Kier alpha value is -4.11. The molecule has 216 valence electrons. The third kappa shape index (κ3) is 6.30. The van der Waals surface area contributed by atoms with Gasteiger partial charge in [-0.25, -0.2) is 27.2 Å². The number of H-pyrrole nitrogens is 1. The van der Waals surface area contributed by atoms with Crippen LogP contribution < -0.4 is 9.62 Å². The van der Waals surface area contributed by atoms with Crippen LogP contribution in [0.25, 0.3) is 22.2 Å². The molecule has 0 spiro atoms. The van der Waals surface area contributed by atoms with Crippen molar-refractivity contribution in [2.75, 3.05) is 41.7 Å². The summed E-state index contributed by atoms with van der Waals surface area (Å²) in [6.45, 7) is 2.61. The van der Waals surface area contributed by atoms with Crippen molar-refractivity contribution in [3.63, 3.8) is 0 Å². The highest BCUT2D eigenvalue weighted by molar-refractivity contribution is 7.92. The molecule has 4 aromatic rings. The number of halogens is 5. The summed E-state index contributed by atoms with van der Waals surface area (Å²) in [7, 11) is -4.66. The van der Waals surface area contributed by atoms with E-state index in [0.717, 1.165) is 5.82 Å². The molecule has 2 N–H and O–H groups in total. The molecule has 0 bridgehead atoms. The molecule has 3 aromatic heterocycles. The predicted molar refractivity (Wildman–Crippen MR) is 140 cm³/mol. The summed E-state index contributed by atoms with van der Waals surface area (Å²) in [6, 6.07) is 6.59. The SMILES string of the molecule is O=C(c1c(F)ccc(NS(=O)(=O)CCC(F)(F)F)c1F)c1c[nH]c2ncc(-c3ccc(N4CCOCC4)nc3)cc12. The molecule has 41 heavy (non-hydrogen) atoms. The van der Waals surface area contributed by atoms with Gasteiger partial charge in [0.2, 0.25) is 15.8 Å². The number of hydrogen-bond acceptors (Lipinski definition) is 7. The van der Waals surface area contributed by atoms with Crippen LogP contribution in [0.15, 0.2) is 48.9 Å². The zero-order chi connectivity index (χ0) is 29.4. The molecule has 0 aliphatic carbocycles. The largest absolute Gasteiger partial charge is 0.390 e. The third-order valence-corrected chi connectivity index (χ3v) is 7.70. The highest BCUT2D eigenvalue weighted by atomic mass is 32.2. The predicted octanol–water partition coefficient (Wildman–Crippen LogP) is 4.66. The average molecular weight is 596 g/mol. The lowest BCUT2D eigenvalue weighted by Crippen LogP contribution is -2.36. The number of morpholine rings is 1. The van der Waals surface area contributed by atoms with Gasteiger partial charge in [0.05, 0.1) is 36.6 Å². The maximum atomic E-state index is 15.3. The van der Waals surface area contributed by atoms with Crippen molar-refractivity contribution < 1.29 is 39.9 Å². The maximum absolute atomic E-state index is 15.3. The number of aromatic amines is 1. The maximum Gasteiger partial charge on any atom is 0.390 e. The molecular formula is C26H22F5N5O4S. The number of sulfonamides is 1. The molecule has 0 unspecified atom stereocenters. The molecule has 0 saturated carbocycles. The number of nitrogens with one attached hydrogen (secondary N) is 2. The molecule has 0 amide bonds. The second-order valence-corrected chi connectivity index (χ2v) is 11.1. The monoisotopic (exact) mass is 595 g/mol. The van der Waals surface area contributed by atoms with Crippen LogP contribution in [0.4, 0.5) is 33.5 Å². The molecule has 9 nitrogen and oxygen atoms in total. The number of benzene rings is 1. The Morgan fingerprint density at radius 2 is 1.78 bits per heavy atom. The lowest BCUT2D eigenvalue weighted by atomic mass is 10.00. The van der Waals surface area contributed by atoms with E-state index in [1.54, 1.807) is 17.0 Å². The van der Waals surface area contributed by atoms with Crippen LogP contribution in [0, 0.1) is 11.6 Å². The zero-order valence-corrected chi connectivity index (χ0v) is 22.0. The number of ketones is 1. The average Bonchev–Trinajstić information content (AvgIpc) is 3.37. The van der Waals surface area contributed by atoms with Gasteiger partial charge in [0, 0.05) is 53.8 Å². The van der Waals surface area contributed by atoms with E-state index in [9.17, 15) is 30.8 Å². The van der Waals surface area contributed by atoms with Crippen LogP contribution in [0.5, 0.6) is 0 Å². The van der Waals surface area contributed by atoms with Crippen LogP contribution in [0.3, 0.4) is 0 Å². The van der Waals surface area contributed by atoms with Crippen molar-refractivity contribution in [1.82, 2.24) is 15.0 Å². The molecule has 0 atom stereocenters. The first-order chi connectivity index (χ1) is 19.4. The minimum absolute atomic E-state index is 0.151. The van der Waals surface area contributed by atoms with Crippen molar-refractivity contribution in [3.05, 3.63) is 71.7 Å². The van der Waals surface area contributed by atoms with Gasteiger partial charge in [0.15, 0.2) is 5.82 Å². The lowest BCUT2D eigenvalue weighted by molar-refractivity contribution is -0.129. The minimum Gasteiger partial charge on any atom is -0.378 e. The lowest BCUT2D eigenvalue weighted by Gasteiger charge is -2.27. The first-order valence-corrected chi connectivity index (χ1v) is 13.9. The zero-order valence-electron chi connectivity index (χ0n) is 21.1. The summed E-state index contributed by atoms with van der Waals surface area (Å²) in [4.78, 5) is 26.9. The number of carbonyl (C=O) groups excluding carboxylic acids is 1. The number of carbonyl (C=O) groups is 1. The van der Waals surface area contributed by atoms with Crippen molar-refractivity contribution in [1.29, 1.82) is 0 Å². The normalized spacial score (nSPS) is 14.4. The van der Waals surface area contributed by atoms with E-state index >= 15 is 4.39 Å². The summed E-state index contributed by atoms with van der Waals surface area (Å²) in [5.41, 5.74) is -0.601. The van der Waals surface area contributed by atoms with Crippen LogP contribution in [-0.4, -0.2) is 67.4 Å². The first-order valence-electron chi connectivity index (χ1n) is 12.3. The van der Waals surface area contributed by atoms with Crippen LogP contribution in [0.2, 0.25) is 0 Å². The number of nitrogens with zero attached hydrogens (tertiary/aromatic N) is 3. The molecular weight excluding hydrogens is 573 g/mol. The molecule has 1 aliphatic rings. The Morgan fingerprint density at radius 1 is 1.05 bits per heavy atom. The van der Waals surface area contributed by atoms with Gasteiger partial charge < -0.3 is 14.6 Å². The Labute approximate surface area is 230 Å². The summed E-state index contributed by atoms with van der Waals surface area (Å²) in [5.74, 6) is -4.58. The third-order valence-electron chi connectivity index (χ3n) is 6.43. The van der Waals surface area contributed by atoms with E-state index in [1.807, 2.05) is 12.1 Å². The first kappa shape index (κ1) is 28.4. The van der Waals surface area contributed by atoms with E-state index in [1.165, 1.54) is 12.4 Å². The fourth-order valence-electron chi connectivity index (χ4n) is 4.33. The van der Waals surface area contributed by atoms with Crippen molar-refractivity contribution in [2.45, 2.75) is 12.6 Å². The quantitative estimate of drug-likeness (QED) is 0.225. The number of anilines is 2. The molecule has 1 aliphatic heterocycles. The molecule has 4 heterocycles. The standard InChI is InChI=1S/C26H22F5N5O4S/c27-19-2-3-20(35-41(38,39)10-5-26(29,30)31)23(28)22(19)24(37)18-14-34-25-17(18)11-16(13-33-25)15-1-4-21(32-12-15)36-6-8-40-9-7-36/h1-4,11-14,35H,5-10H2,(H,33,34). The number of alkyl halides is 3. The summed E-state index contributed by atoms with van der Waals surface area (Å²) >= 11 is 0. The molecule has 0 radical (unpaired) electrons. The summed E-state index contributed by atoms with van der Waals surface area (Å²) < 4.78 is 98.5. The second kappa shape index (κ2) is 11.0. The number of pyridine rings is 2. The molecule has 1 saturated heterocycles. The Bertz CT molecular complexity index is 1700. The number of ether oxygens (including phenoxy) is 1. The molecule has 1 fully saturated rings. The smallest absolute Gasteiger partial charge is 0.378 e. The fourth-order valence-corrected chi connectivity index (χ4v) is 5.42. The van der Waals surface area contributed by atoms with Gasteiger partial charge in [-0.3, -0.25) is 9.52 Å². The highest BCUT2D eigenvalue weighted by Crippen LogP contribution is 2.30. The molecule has 15 heteroatoms. The van der Waals surface area contributed by atoms with Gasteiger partial charge in [-0.15, -0.1) is 0 Å². The van der Waals surface area contributed by atoms with Gasteiger partial charge in [-0.05, 0) is 30.3 Å². The van der Waals surface area contributed by atoms with Crippen LogP contribution in [-0.2, 0) is 14.8 Å². The van der Waals surface area contributed by atoms with E-state index in [2.05, 4.69) is 19.9 Å². The van der Waals surface area contributed by atoms with E-state index < -0.39 is 57.0 Å². The van der Waals surface area contributed by atoms with Gasteiger partial charge >= 0.3 is 6.18 Å². The summed E-state index contributed by atoms with van der Waals surface area (Å²) in [5, 5.41) is 0.236. The van der Waals surface area contributed by atoms with Gasteiger partial charge in [0.1, 0.15) is 17.3 Å². The van der Waals surface area contributed by atoms with E-state index in [-0.39, 0.29) is 16.6 Å². The van der Waals surface area contributed by atoms with E-state index in [4.69, 9.17) is 4.74 Å². The van der Waals surface area contributed by atoms with Crippen molar-refractivity contribution in [3.8, 4) is 11.1 Å². The molecule has 1 aromatic carbocycles. The number of hydrogen-bond donors (Lipinski definition) is 2. The van der Waals surface area contributed by atoms with E-state index in [0.29, 0.717) is 49.6 Å². The highest BCUT2D eigenvalue weighted by Gasteiger charge is 2.31. The van der Waals surface area contributed by atoms with Crippen LogP contribution >= 0.6 is 0 Å². The Kier molecular flexibility index (Phi) is 7.66. The second-order valence-electron chi connectivity index (χ2n) is 9.23. The van der Waals surface area contributed by atoms with Gasteiger partial charge in [-0.1, -0.05) is 0 Å². The number of fused-ring (bicyclic) bond motifs is 1. The summed E-state index contributed by atoms with van der Waals surface area (Å²) in [6.07, 6.45) is -2.05. The number of aromatic nitrogens is 3. The molecule has 5 rings (SSSR count). The van der Waals surface area contributed by atoms with Crippen molar-refractivity contribution >= 4 is 38.3 Å². The van der Waals surface area contributed by atoms with Crippen molar-refractivity contribution in [2.24, 2.45) is 0 Å². The number of rotatable bonds is 8. The fraction of sp³-hybridized carbons (Fsp3) is 0.269. The van der Waals surface area contributed by atoms with Gasteiger partial charge in [0.25, 0.3) is 0 Å². The minimum atomic E-state index is -4.76. The van der Waals surface area contributed by atoms with Gasteiger partial charge in [-0.2, -0.15) is 13.2 Å².